The summed E-state index contributed by atoms with van der Waals surface area (Å²) in [5.41, 5.74) is 2.60. The van der Waals surface area contributed by atoms with E-state index in [2.05, 4.69) is 0 Å². The summed E-state index contributed by atoms with van der Waals surface area (Å²) in [6.07, 6.45) is 4.17. The molecule has 1 N–H and O–H groups in total. The Labute approximate surface area is 180 Å². The fourth-order valence-corrected chi connectivity index (χ4v) is 2.99. The molecule has 2 aromatic carbocycles. The summed E-state index contributed by atoms with van der Waals surface area (Å²) in [6.45, 7) is 3.85. The standard InChI is InChI=1S/C23H25NO7/c1-15(2)5-10-19-20(31-14-29-3)13-21(30-4)22(23(19)26)18(11-12-25)16-6-8-17(9-7-16)24(27)28/h5-9,11-13,26H,10,14H2,1-4H3/b18-11-. The smallest absolute Gasteiger partial charge is 0.269 e. The number of phenolic OH excluding ortho intramolecular Hbond substituents is 1. The number of rotatable bonds is 10. The van der Waals surface area contributed by atoms with Gasteiger partial charge in [0.25, 0.3) is 5.69 Å². The molecule has 2 aromatic rings. The predicted octanol–water partition coefficient (Wildman–Crippen LogP) is 4.43. The van der Waals surface area contributed by atoms with Crippen molar-refractivity contribution < 1.29 is 29.0 Å². The predicted molar refractivity (Wildman–Crippen MR) is 117 cm³/mol. The molecule has 0 saturated carbocycles. The van der Waals surface area contributed by atoms with Gasteiger partial charge in [0.1, 0.15) is 23.5 Å². The van der Waals surface area contributed by atoms with Crippen LogP contribution in [0.1, 0.15) is 30.5 Å². The maximum Gasteiger partial charge on any atom is 0.269 e. The highest BCUT2D eigenvalue weighted by Crippen LogP contribution is 2.44. The van der Waals surface area contributed by atoms with Crippen LogP contribution in [0.2, 0.25) is 0 Å². The van der Waals surface area contributed by atoms with Crippen LogP contribution < -0.4 is 9.47 Å². The van der Waals surface area contributed by atoms with E-state index in [1.807, 2.05) is 19.9 Å². The number of nitro benzene ring substituents is 1. The largest absolute Gasteiger partial charge is 0.507 e. The minimum Gasteiger partial charge on any atom is -0.507 e. The molecule has 0 unspecified atom stereocenters. The Hall–Kier alpha value is -3.65. The summed E-state index contributed by atoms with van der Waals surface area (Å²) in [7, 11) is 2.92. The molecule has 0 fully saturated rings. The first kappa shape index (κ1) is 23.6. The zero-order valence-electron chi connectivity index (χ0n) is 17.9. The molecule has 0 spiro atoms. The monoisotopic (exact) mass is 427 g/mol. The molecule has 0 saturated heterocycles. The fourth-order valence-electron chi connectivity index (χ4n) is 2.99. The molecule has 0 aliphatic carbocycles. The lowest BCUT2D eigenvalue weighted by molar-refractivity contribution is -0.384. The number of phenols is 1. The van der Waals surface area contributed by atoms with Crippen molar-refractivity contribution in [2.45, 2.75) is 20.3 Å². The van der Waals surface area contributed by atoms with Crippen molar-refractivity contribution in [3.8, 4) is 17.2 Å². The molecule has 0 radical (unpaired) electrons. The number of ether oxygens (including phenoxy) is 3. The molecule has 0 amide bonds. The number of carbonyl (C=O) groups is 1. The van der Waals surface area contributed by atoms with Gasteiger partial charge in [0.15, 0.2) is 6.79 Å². The Morgan fingerprint density at radius 2 is 1.84 bits per heavy atom. The van der Waals surface area contributed by atoms with Crippen LogP contribution in [-0.2, 0) is 16.0 Å². The second-order valence-electron chi connectivity index (χ2n) is 6.84. The van der Waals surface area contributed by atoms with Crippen LogP contribution >= 0.6 is 0 Å². The van der Waals surface area contributed by atoms with E-state index in [-0.39, 0.29) is 29.5 Å². The first-order valence-corrected chi connectivity index (χ1v) is 9.42. The van der Waals surface area contributed by atoms with Crippen LogP contribution in [0.5, 0.6) is 17.2 Å². The quantitative estimate of drug-likeness (QED) is 0.149. The Balaban J connectivity index is 2.73. The highest BCUT2D eigenvalue weighted by molar-refractivity contribution is 5.94. The number of nitrogens with zero attached hydrogens (tertiary/aromatic N) is 1. The van der Waals surface area contributed by atoms with E-state index in [4.69, 9.17) is 14.2 Å². The van der Waals surface area contributed by atoms with E-state index in [0.717, 1.165) is 5.57 Å². The molecule has 164 valence electrons. The first-order valence-electron chi connectivity index (χ1n) is 9.42. The molecular weight excluding hydrogens is 402 g/mol. The number of nitro groups is 1. The average molecular weight is 427 g/mol. The molecule has 0 aromatic heterocycles. The van der Waals surface area contributed by atoms with Gasteiger partial charge in [-0.25, -0.2) is 0 Å². The second-order valence-corrected chi connectivity index (χ2v) is 6.84. The number of aromatic hydroxyl groups is 1. The Morgan fingerprint density at radius 1 is 1.16 bits per heavy atom. The molecule has 0 heterocycles. The topological polar surface area (TPSA) is 108 Å². The Bertz CT molecular complexity index is 1000. The Kier molecular flexibility index (Phi) is 8.33. The number of aldehydes is 1. The number of allylic oxidation sites excluding steroid dienone is 3. The maximum atomic E-state index is 11.4. The van der Waals surface area contributed by atoms with E-state index in [1.165, 1.54) is 44.6 Å². The van der Waals surface area contributed by atoms with E-state index in [9.17, 15) is 20.0 Å². The molecule has 31 heavy (non-hydrogen) atoms. The van der Waals surface area contributed by atoms with Crippen molar-refractivity contribution in [2.24, 2.45) is 0 Å². The maximum absolute atomic E-state index is 11.4. The summed E-state index contributed by atoms with van der Waals surface area (Å²) in [5.74, 6) is 0.539. The van der Waals surface area contributed by atoms with Gasteiger partial charge in [-0.05, 0) is 49.6 Å². The molecule has 8 heteroatoms. The third-order valence-electron chi connectivity index (χ3n) is 4.49. The van der Waals surface area contributed by atoms with Gasteiger partial charge in [-0.3, -0.25) is 14.9 Å². The number of hydrogen-bond donors (Lipinski definition) is 1. The van der Waals surface area contributed by atoms with Crippen molar-refractivity contribution >= 4 is 17.5 Å². The molecular formula is C23H25NO7. The van der Waals surface area contributed by atoms with Crippen LogP contribution in [0, 0.1) is 10.1 Å². The fraction of sp³-hybridized carbons (Fsp3) is 0.261. The SMILES string of the molecule is COCOc1cc(OC)c(/C(=C\C=O)c2ccc([N+](=O)[O-])cc2)c(O)c1CC=C(C)C. The molecule has 2 rings (SSSR count). The van der Waals surface area contributed by atoms with Crippen molar-refractivity contribution in [3.05, 3.63) is 74.9 Å². The Morgan fingerprint density at radius 3 is 2.35 bits per heavy atom. The molecule has 0 aliphatic heterocycles. The number of benzene rings is 2. The second kappa shape index (κ2) is 10.9. The van der Waals surface area contributed by atoms with Crippen molar-refractivity contribution in [3.63, 3.8) is 0 Å². The lowest BCUT2D eigenvalue weighted by Gasteiger charge is -2.20. The minimum absolute atomic E-state index is 0.0247. The van der Waals surface area contributed by atoms with Crippen LogP contribution in [0.4, 0.5) is 5.69 Å². The average Bonchev–Trinajstić information content (AvgIpc) is 2.75. The number of carbonyl (C=O) groups excluding carboxylic acids is 1. The first-order chi connectivity index (χ1) is 14.8. The zero-order valence-corrected chi connectivity index (χ0v) is 17.9. The minimum atomic E-state index is -0.510. The van der Waals surface area contributed by atoms with Crippen LogP contribution in [0.25, 0.3) is 5.57 Å². The number of non-ortho nitro benzene ring substituents is 1. The van der Waals surface area contributed by atoms with Gasteiger partial charge < -0.3 is 19.3 Å². The van der Waals surface area contributed by atoms with Crippen molar-refractivity contribution in [2.75, 3.05) is 21.0 Å². The van der Waals surface area contributed by atoms with Gasteiger partial charge in [0.05, 0.1) is 17.6 Å². The number of methoxy groups -OCH3 is 2. The molecule has 0 bridgehead atoms. The van der Waals surface area contributed by atoms with Crippen molar-refractivity contribution in [1.82, 2.24) is 0 Å². The zero-order chi connectivity index (χ0) is 23.0. The summed E-state index contributed by atoms with van der Waals surface area (Å²) in [6, 6.07) is 7.30. The van der Waals surface area contributed by atoms with Crippen LogP contribution in [0.3, 0.4) is 0 Å². The van der Waals surface area contributed by atoms with E-state index >= 15 is 0 Å². The lowest BCUT2D eigenvalue weighted by Crippen LogP contribution is -2.05. The van der Waals surface area contributed by atoms with Crippen LogP contribution in [-0.4, -0.2) is 37.3 Å². The normalized spacial score (nSPS) is 11.0. The van der Waals surface area contributed by atoms with Gasteiger partial charge in [0.2, 0.25) is 0 Å². The third-order valence-corrected chi connectivity index (χ3v) is 4.49. The highest BCUT2D eigenvalue weighted by atomic mass is 16.7. The summed E-state index contributed by atoms with van der Waals surface area (Å²) in [5, 5.41) is 22.2. The summed E-state index contributed by atoms with van der Waals surface area (Å²) >= 11 is 0. The van der Waals surface area contributed by atoms with Gasteiger partial charge >= 0.3 is 0 Å². The van der Waals surface area contributed by atoms with E-state index in [1.54, 1.807) is 6.07 Å². The van der Waals surface area contributed by atoms with Gasteiger partial charge in [-0.15, -0.1) is 0 Å². The van der Waals surface area contributed by atoms with E-state index in [0.29, 0.717) is 35.2 Å². The molecule has 8 nitrogen and oxygen atoms in total. The number of hydrogen-bond acceptors (Lipinski definition) is 7. The van der Waals surface area contributed by atoms with Crippen molar-refractivity contribution in [1.29, 1.82) is 0 Å². The van der Waals surface area contributed by atoms with Gasteiger partial charge in [-0.2, -0.15) is 0 Å². The summed E-state index contributed by atoms with van der Waals surface area (Å²) < 4.78 is 16.1. The molecule has 0 aliphatic rings. The summed E-state index contributed by atoms with van der Waals surface area (Å²) in [4.78, 5) is 21.9. The van der Waals surface area contributed by atoms with Crippen LogP contribution in [0.15, 0.2) is 48.1 Å². The van der Waals surface area contributed by atoms with Gasteiger partial charge in [0, 0.05) is 30.9 Å². The third kappa shape index (κ3) is 5.70. The lowest BCUT2D eigenvalue weighted by atomic mass is 9.92. The van der Waals surface area contributed by atoms with Gasteiger partial charge in [-0.1, -0.05) is 11.6 Å². The van der Waals surface area contributed by atoms with E-state index < -0.39 is 4.92 Å². The molecule has 0 atom stereocenters. The highest BCUT2D eigenvalue weighted by Gasteiger charge is 2.23.